The van der Waals surface area contributed by atoms with Crippen molar-refractivity contribution in [1.82, 2.24) is 10.2 Å². The Labute approximate surface area is 111 Å². The van der Waals surface area contributed by atoms with Gasteiger partial charge in [0.2, 0.25) is 5.89 Å². The molecular weight excluding hydrogens is 250 g/mol. The van der Waals surface area contributed by atoms with Gasteiger partial charge in [0.25, 0.3) is 0 Å². The molecule has 4 nitrogen and oxygen atoms in total. The minimum absolute atomic E-state index is 0.259. The van der Waals surface area contributed by atoms with E-state index in [1.807, 2.05) is 0 Å². The summed E-state index contributed by atoms with van der Waals surface area (Å²) in [5.41, 5.74) is 2.55. The largest absolute Gasteiger partial charge is 0.407 e. The Balaban J connectivity index is 1.84. The van der Waals surface area contributed by atoms with Gasteiger partial charge >= 0.3 is 6.01 Å². The van der Waals surface area contributed by atoms with Crippen molar-refractivity contribution >= 4 is 17.6 Å². The monoisotopic (exact) mass is 265 g/mol. The number of anilines is 1. The Morgan fingerprint density at radius 2 is 2.22 bits per heavy atom. The molecule has 0 amide bonds. The van der Waals surface area contributed by atoms with Crippen molar-refractivity contribution in [2.24, 2.45) is 0 Å². The third-order valence-electron chi connectivity index (χ3n) is 2.55. The number of benzene rings is 1. The third kappa shape index (κ3) is 3.47. The Bertz CT molecular complexity index is 510. The molecule has 5 heteroatoms. The molecule has 0 saturated carbocycles. The van der Waals surface area contributed by atoms with Crippen LogP contribution in [-0.4, -0.2) is 16.7 Å². The number of alkyl halides is 1. The Morgan fingerprint density at radius 3 is 2.89 bits per heavy atom. The van der Waals surface area contributed by atoms with Crippen molar-refractivity contribution in [2.45, 2.75) is 25.6 Å². The molecule has 0 bridgehead atoms. The van der Waals surface area contributed by atoms with Crippen LogP contribution in [0.2, 0.25) is 0 Å². The highest BCUT2D eigenvalue weighted by molar-refractivity contribution is 6.20. The first-order valence-corrected chi connectivity index (χ1v) is 6.35. The molecule has 1 atom stereocenters. The summed E-state index contributed by atoms with van der Waals surface area (Å²) in [7, 11) is 0. The van der Waals surface area contributed by atoms with Crippen molar-refractivity contribution in [2.75, 3.05) is 11.9 Å². The zero-order valence-electron chi connectivity index (χ0n) is 10.5. The molecule has 96 valence electrons. The van der Waals surface area contributed by atoms with Gasteiger partial charge in [0.15, 0.2) is 0 Å². The second-order valence-corrected chi connectivity index (χ2v) is 4.88. The molecule has 1 unspecified atom stereocenters. The van der Waals surface area contributed by atoms with Crippen molar-refractivity contribution in [3.8, 4) is 0 Å². The topological polar surface area (TPSA) is 51.0 Å². The van der Waals surface area contributed by atoms with Crippen LogP contribution in [-0.2, 0) is 6.42 Å². The molecule has 0 radical (unpaired) electrons. The van der Waals surface area contributed by atoms with Crippen LogP contribution < -0.4 is 5.32 Å². The van der Waals surface area contributed by atoms with Gasteiger partial charge in [-0.1, -0.05) is 34.9 Å². The van der Waals surface area contributed by atoms with Gasteiger partial charge in [0.05, 0.1) is 0 Å². The van der Waals surface area contributed by atoms with E-state index in [-0.39, 0.29) is 5.38 Å². The van der Waals surface area contributed by atoms with Crippen LogP contribution in [0.3, 0.4) is 0 Å². The Hall–Kier alpha value is -1.55. The summed E-state index contributed by atoms with van der Waals surface area (Å²) >= 11 is 5.84. The number of aromatic nitrogens is 2. The third-order valence-corrected chi connectivity index (χ3v) is 2.74. The van der Waals surface area contributed by atoms with Crippen LogP contribution >= 0.6 is 11.6 Å². The fourth-order valence-corrected chi connectivity index (χ4v) is 1.74. The van der Waals surface area contributed by atoms with E-state index >= 15 is 0 Å². The maximum atomic E-state index is 5.84. The summed E-state index contributed by atoms with van der Waals surface area (Å²) in [6.45, 7) is 4.64. The predicted molar refractivity (Wildman–Crippen MR) is 71.9 cm³/mol. The van der Waals surface area contributed by atoms with Gasteiger partial charge in [0.1, 0.15) is 5.38 Å². The number of aryl methyl sites for hydroxylation is 1. The molecule has 0 aliphatic carbocycles. The summed E-state index contributed by atoms with van der Waals surface area (Å²) in [6.07, 6.45) is 0.913. The van der Waals surface area contributed by atoms with Gasteiger partial charge < -0.3 is 9.73 Å². The van der Waals surface area contributed by atoms with Crippen LogP contribution in [0.5, 0.6) is 0 Å². The Kier molecular flexibility index (Phi) is 4.20. The lowest BCUT2D eigenvalue weighted by atomic mass is 10.1. The molecule has 1 aromatic heterocycles. The smallest absolute Gasteiger partial charge is 0.315 e. The Morgan fingerprint density at radius 1 is 1.39 bits per heavy atom. The first-order chi connectivity index (χ1) is 8.65. The molecule has 1 N–H and O–H groups in total. The minimum atomic E-state index is -0.259. The predicted octanol–water partition coefficient (Wildman–Crippen LogP) is 3.33. The molecular formula is C13H16ClN3O. The van der Waals surface area contributed by atoms with Gasteiger partial charge in [-0.3, -0.25) is 0 Å². The van der Waals surface area contributed by atoms with E-state index < -0.39 is 0 Å². The molecule has 1 heterocycles. The molecule has 0 spiro atoms. The molecule has 0 saturated heterocycles. The molecule has 0 aliphatic rings. The lowest BCUT2D eigenvalue weighted by Gasteiger charge is -2.03. The first kappa shape index (κ1) is 12.9. The minimum Gasteiger partial charge on any atom is -0.407 e. The second-order valence-electron chi connectivity index (χ2n) is 4.23. The van der Waals surface area contributed by atoms with Gasteiger partial charge in [-0.05, 0) is 25.8 Å². The molecule has 0 fully saturated rings. The maximum absolute atomic E-state index is 5.84. The summed E-state index contributed by atoms with van der Waals surface area (Å²) in [4.78, 5) is 0. The SMILES string of the molecule is Cc1cccc(CCNc2nnc(C(C)Cl)o2)c1. The zero-order chi connectivity index (χ0) is 13.0. The lowest BCUT2D eigenvalue weighted by Crippen LogP contribution is -2.05. The van der Waals surface area contributed by atoms with E-state index in [9.17, 15) is 0 Å². The van der Waals surface area contributed by atoms with E-state index in [1.165, 1.54) is 11.1 Å². The second kappa shape index (κ2) is 5.87. The normalized spacial score (nSPS) is 12.4. The average molecular weight is 266 g/mol. The zero-order valence-corrected chi connectivity index (χ0v) is 11.2. The number of hydrogen-bond donors (Lipinski definition) is 1. The number of rotatable bonds is 5. The maximum Gasteiger partial charge on any atom is 0.315 e. The van der Waals surface area contributed by atoms with Crippen LogP contribution in [0.1, 0.15) is 29.3 Å². The highest BCUT2D eigenvalue weighted by Gasteiger charge is 2.10. The van der Waals surface area contributed by atoms with Crippen LogP contribution in [0.4, 0.5) is 6.01 Å². The fourth-order valence-electron chi connectivity index (χ4n) is 1.65. The van der Waals surface area contributed by atoms with Crippen LogP contribution in [0, 0.1) is 6.92 Å². The highest BCUT2D eigenvalue weighted by Crippen LogP contribution is 2.19. The van der Waals surface area contributed by atoms with Crippen molar-refractivity contribution < 1.29 is 4.42 Å². The van der Waals surface area contributed by atoms with E-state index in [1.54, 1.807) is 6.92 Å². The average Bonchev–Trinajstić information content (AvgIpc) is 2.78. The van der Waals surface area contributed by atoms with Gasteiger partial charge in [0, 0.05) is 6.54 Å². The van der Waals surface area contributed by atoms with E-state index in [4.69, 9.17) is 16.0 Å². The summed E-state index contributed by atoms with van der Waals surface area (Å²) in [6, 6.07) is 8.84. The molecule has 2 aromatic rings. The van der Waals surface area contributed by atoms with Crippen molar-refractivity contribution in [1.29, 1.82) is 0 Å². The van der Waals surface area contributed by atoms with Gasteiger partial charge in [-0.25, -0.2) is 0 Å². The summed E-state index contributed by atoms with van der Waals surface area (Å²) in [5, 5.41) is 10.5. The number of halogens is 1. The lowest BCUT2D eigenvalue weighted by molar-refractivity contribution is 0.506. The first-order valence-electron chi connectivity index (χ1n) is 5.92. The summed E-state index contributed by atoms with van der Waals surface area (Å²) in [5.74, 6) is 0.440. The highest BCUT2D eigenvalue weighted by atomic mass is 35.5. The molecule has 2 rings (SSSR count). The summed E-state index contributed by atoms with van der Waals surface area (Å²) < 4.78 is 5.34. The van der Waals surface area contributed by atoms with E-state index in [0.717, 1.165) is 13.0 Å². The van der Waals surface area contributed by atoms with Gasteiger partial charge in [-0.2, -0.15) is 0 Å². The van der Waals surface area contributed by atoms with E-state index in [0.29, 0.717) is 11.9 Å². The molecule has 18 heavy (non-hydrogen) atoms. The fraction of sp³-hybridized carbons (Fsp3) is 0.385. The van der Waals surface area contributed by atoms with Crippen LogP contribution in [0.15, 0.2) is 28.7 Å². The number of hydrogen-bond acceptors (Lipinski definition) is 4. The molecule has 0 aliphatic heterocycles. The van der Waals surface area contributed by atoms with Gasteiger partial charge in [-0.15, -0.1) is 16.7 Å². The quantitative estimate of drug-likeness (QED) is 0.843. The number of nitrogens with one attached hydrogen (secondary N) is 1. The molecule has 1 aromatic carbocycles. The van der Waals surface area contributed by atoms with Crippen LogP contribution in [0.25, 0.3) is 0 Å². The van der Waals surface area contributed by atoms with Crippen molar-refractivity contribution in [3.05, 3.63) is 41.3 Å². The van der Waals surface area contributed by atoms with E-state index in [2.05, 4.69) is 46.7 Å². The standard InChI is InChI=1S/C13H16ClN3O/c1-9-4-3-5-11(8-9)6-7-15-13-17-16-12(18-13)10(2)14/h3-5,8,10H,6-7H2,1-2H3,(H,15,17). The number of nitrogens with zero attached hydrogens (tertiary/aromatic N) is 2. The van der Waals surface area contributed by atoms with Crippen molar-refractivity contribution in [3.63, 3.8) is 0 Å².